The van der Waals surface area contributed by atoms with Gasteiger partial charge in [-0.15, -0.1) is 0 Å². The lowest BCUT2D eigenvalue weighted by Crippen LogP contribution is -2.04. The van der Waals surface area contributed by atoms with Crippen molar-refractivity contribution in [3.05, 3.63) is 106 Å². The molecular formula is C27H16O6S2. The number of hydrogen-bond donors (Lipinski definition) is 0. The largest absolute Gasteiger partial charge is 0.288 e. The van der Waals surface area contributed by atoms with Gasteiger partial charge in [0.15, 0.2) is 0 Å². The summed E-state index contributed by atoms with van der Waals surface area (Å²) < 4.78 is 53.0. The third-order valence-corrected chi connectivity index (χ3v) is 10.2. The number of rotatable bonds is 2. The van der Waals surface area contributed by atoms with Gasteiger partial charge in [0.05, 0.1) is 9.79 Å². The van der Waals surface area contributed by atoms with Crippen molar-refractivity contribution in [2.75, 3.05) is 0 Å². The average Bonchev–Trinajstić information content (AvgIpc) is 3.17. The second-order valence-corrected chi connectivity index (χ2v) is 12.1. The molecule has 6 rings (SSSR count). The lowest BCUT2D eigenvalue weighted by Gasteiger charge is -2.03. The highest BCUT2D eigenvalue weighted by molar-refractivity contribution is 7.97. The fraction of sp³-hybridized carbons (Fsp3) is 0.0370. The van der Waals surface area contributed by atoms with E-state index in [0.717, 1.165) is 0 Å². The average molecular weight is 501 g/mol. The van der Waals surface area contributed by atoms with Crippen LogP contribution in [0.5, 0.6) is 0 Å². The standard InChI is InChI=1S/C27H16O6S2/c28-24-20-14-12-16-6-1-3-8-18(16)26(20)34(30,31)22(24)10-5-11-23-25(29)21-15-13-17-7-2-4-9-19(17)27(21)35(23,32)33/h1-4,6-15H,5H2. The summed E-state index contributed by atoms with van der Waals surface area (Å²) in [5.74, 6) is -1.28. The molecular weight excluding hydrogens is 484 g/mol. The van der Waals surface area contributed by atoms with E-state index in [4.69, 9.17) is 0 Å². The molecule has 0 saturated carbocycles. The molecule has 172 valence electrons. The Kier molecular flexibility index (Phi) is 4.52. The zero-order valence-corrected chi connectivity index (χ0v) is 19.7. The molecule has 4 aromatic rings. The zero-order chi connectivity index (χ0) is 24.5. The Morgan fingerprint density at radius 2 is 0.943 bits per heavy atom. The van der Waals surface area contributed by atoms with Gasteiger partial charge in [-0.2, -0.15) is 0 Å². The Labute approximate surface area is 201 Å². The molecule has 0 aliphatic carbocycles. The number of sulfone groups is 2. The minimum Gasteiger partial charge on any atom is -0.288 e. The number of ketones is 2. The number of carbonyl (C=O) groups is 2. The molecule has 0 fully saturated rings. The molecule has 0 saturated heterocycles. The Morgan fingerprint density at radius 3 is 1.37 bits per heavy atom. The first-order valence-electron chi connectivity index (χ1n) is 10.8. The van der Waals surface area contributed by atoms with Crippen LogP contribution in [0.25, 0.3) is 21.5 Å². The minimum atomic E-state index is -4.09. The zero-order valence-electron chi connectivity index (χ0n) is 18.1. The summed E-state index contributed by atoms with van der Waals surface area (Å²) in [5.41, 5.74) is 0.178. The molecule has 0 aromatic heterocycles. The maximum absolute atomic E-state index is 13.3. The Bertz CT molecular complexity index is 1790. The first kappa shape index (κ1) is 21.6. The van der Waals surface area contributed by atoms with E-state index in [0.29, 0.717) is 21.5 Å². The molecule has 8 heteroatoms. The summed E-state index contributed by atoms with van der Waals surface area (Å²) in [7, 11) is -8.19. The van der Waals surface area contributed by atoms with Crippen LogP contribution in [0.1, 0.15) is 27.1 Å². The van der Waals surface area contributed by atoms with Crippen LogP contribution < -0.4 is 0 Å². The summed E-state index contributed by atoms with van der Waals surface area (Å²) in [6, 6.07) is 20.1. The van der Waals surface area contributed by atoms with Crippen LogP contribution in [0.15, 0.2) is 105 Å². The van der Waals surface area contributed by atoms with E-state index in [-0.39, 0.29) is 27.3 Å². The van der Waals surface area contributed by atoms with Crippen molar-refractivity contribution in [3.8, 4) is 0 Å². The molecule has 0 unspecified atom stereocenters. The van der Waals surface area contributed by atoms with E-state index in [1.54, 1.807) is 60.7 Å². The van der Waals surface area contributed by atoms with Crippen LogP contribution in [0.3, 0.4) is 0 Å². The summed E-state index contributed by atoms with van der Waals surface area (Å²) in [4.78, 5) is 25.0. The second-order valence-electron chi connectivity index (χ2n) is 8.36. The van der Waals surface area contributed by atoms with Crippen molar-refractivity contribution < 1.29 is 26.4 Å². The van der Waals surface area contributed by atoms with E-state index in [1.165, 1.54) is 24.3 Å². The molecule has 0 radical (unpaired) electrons. The lowest BCUT2D eigenvalue weighted by atomic mass is 10.0. The summed E-state index contributed by atoms with van der Waals surface area (Å²) in [6.45, 7) is 0. The van der Waals surface area contributed by atoms with Crippen LogP contribution in [-0.4, -0.2) is 28.4 Å². The molecule has 2 heterocycles. The molecule has 0 N–H and O–H groups in total. The van der Waals surface area contributed by atoms with E-state index < -0.39 is 41.1 Å². The van der Waals surface area contributed by atoms with Crippen LogP contribution in [0.2, 0.25) is 0 Å². The molecule has 2 aliphatic heterocycles. The summed E-state index contributed by atoms with van der Waals surface area (Å²) in [5, 5.41) is 2.30. The molecule has 35 heavy (non-hydrogen) atoms. The van der Waals surface area contributed by atoms with Crippen molar-refractivity contribution in [3.63, 3.8) is 0 Å². The number of Topliss-reactive ketones (excluding diaryl/α,β-unsaturated/α-hetero) is 2. The SMILES string of the molecule is O=C1C(=CCC=C2C(=O)c3ccc4ccccc4c3S2(=O)=O)S(=O)(=O)c2c1ccc1ccccc21. The van der Waals surface area contributed by atoms with Crippen LogP contribution in [-0.2, 0) is 19.7 Å². The number of benzene rings is 4. The van der Waals surface area contributed by atoms with Gasteiger partial charge >= 0.3 is 0 Å². The third-order valence-electron chi connectivity index (χ3n) is 6.42. The fourth-order valence-corrected chi connectivity index (χ4v) is 8.46. The van der Waals surface area contributed by atoms with E-state index in [9.17, 15) is 26.4 Å². The predicted molar refractivity (Wildman–Crippen MR) is 132 cm³/mol. The van der Waals surface area contributed by atoms with Crippen LogP contribution in [0, 0.1) is 0 Å². The summed E-state index contributed by atoms with van der Waals surface area (Å²) >= 11 is 0. The van der Waals surface area contributed by atoms with E-state index >= 15 is 0 Å². The summed E-state index contributed by atoms with van der Waals surface area (Å²) in [6.07, 6.45) is 2.16. The maximum Gasteiger partial charge on any atom is 0.211 e. The molecule has 0 bridgehead atoms. The Hall–Kier alpha value is -3.88. The van der Waals surface area contributed by atoms with Gasteiger partial charge in [0, 0.05) is 21.9 Å². The molecule has 0 atom stereocenters. The molecule has 0 amide bonds. The Balaban J connectivity index is 1.42. The topological polar surface area (TPSA) is 102 Å². The van der Waals surface area contributed by atoms with Crippen molar-refractivity contribution in [2.45, 2.75) is 16.2 Å². The molecule has 0 spiro atoms. The van der Waals surface area contributed by atoms with Gasteiger partial charge in [0.1, 0.15) is 9.81 Å². The highest BCUT2D eigenvalue weighted by Crippen LogP contribution is 2.41. The van der Waals surface area contributed by atoms with Gasteiger partial charge in [0.2, 0.25) is 31.2 Å². The van der Waals surface area contributed by atoms with Gasteiger partial charge in [0.25, 0.3) is 0 Å². The van der Waals surface area contributed by atoms with Crippen molar-refractivity contribution in [1.29, 1.82) is 0 Å². The van der Waals surface area contributed by atoms with Crippen molar-refractivity contribution >= 4 is 52.8 Å². The predicted octanol–water partition coefficient (Wildman–Crippen LogP) is 4.79. The number of fused-ring (bicyclic) bond motifs is 6. The lowest BCUT2D eigenvalue weighted by molar-refractivity contribution is 0.103. The second kappa shape index (κ2) is 7.31. The normalized spacial score (nSPS) is 20.1. The molecule has 2 aliphatic rings. The Morgan fingerprint density at radius 1 is 0.543 bits per heavy atom. The first-order chi connectivity index (χ1) is 16.7. The van der Waals surface area contributed by atoms with Crippen molar-refractivity contribution in [1.82, 2.24) is 0 Å². The number of carbonyl (C=O) groups excluding carboxylic acids is 2. The monoisotopic (exact) mass is 500 g/mol. The number of allylic oxidation sites excluding steroid dienone is 4. The van der Waals surface area contributed by atoms with Gasteiger partial charge in [-0.25, -0.2) is 16.8 Å². The fourth-order valence-electron chi connectivity index (χ4n) is 4.83. The minimum absolute atomic E-state index is 0.0389. The number of hydrogen-bond acceptors (Lipinski definition) is 6. The quantitative estimate of drug-likeness (QED) is 0.367. The van der Waals surface area contributed by atoms with Gasteiger partial charge in [-0.3, -0.25) is 9.59 Å². The van der Waals surface area contributed by atoms with Crippen molar-refractivity contribution in [2.24, 2.45) is 0 Å². The van der Waals surface area contributed by atoms with E-state index in [2.05, 4.69) is 0 Å². The molecule has 4 aromatic carbocycles. The maximum atomic E-state index is 13.3. The smallest absolute Gasteiger partial charge is 0.211 e. The van der Waals surface area contributed by atoms with E-state index in [1.807, 2.05) is 0 Å². The highest BCUT2D eigenvalue weighted by Gasteiger charge is 2.42. The van der Waals surface area contributed by atoms with Gasteiger partial charge < -0.3 is 0 Å². The molecule has 6 nitrogen and oxygen atoms in total. The van der Waals surface area contributed by atoms with Crippen LogP contribution in [0.4, 0.5) is 0 Å². The van der Waals surface area contributed by atoms with Gasteiger partial charge in [-0.1, -0.05) is 72.8 Å². The first-order valence-corrected chi connectivity index (χ1v) is 13.7. The van der Waals surface area contributed by atoms with Crippen LogP contribution >= 0.6 is 0 Å². The third kappa shape index (κ3) is 2.93. The highest BCUT2D eigenvalue weighted by atomic mass is 32.2. The van der Waals surface area contributed by atoms with Gasteiger partial charge in [-0.05, 0) is 29.3 Å².